The Morgan fingerprint density at radius 1 is 1.00 bits per heavy atom. The number of imide groups is 1. The van der Waals surface area contributed by atoms with Crippen LogP contribution in [0.5, 0.6) is 0 Å². The average molecular weight is 307 g/mol. The van der Waals surface area contributed by atoms with E-state index in [1.54, 1.807) is 10.9 Å². The predicted octanol–water partition coefficient (Wildman–Crippen LogP) is 2.32. The van der Waals surface area contributed by atoms with Gasteiger partial charge in [0.1, 0.15) is 0 Å². The van der Waals surface area contributed by atoms with Crippen LogP contribution in [-0.2, 0) is 16.1 Å². The van der Waals surface area contributed by atoms with Gasteiger partial charge in [-0.15, -0.1) is 0 Å². The number of nitrogens with zero attached hydrogens (tertiary/aromatic N) is 3. The molecule has 116 valence electrons. The van der Waals surface area contributed by atoms with Gasteiger partial charge in [-0.05, 0) is 36.6 Å². The lowest BCUT2D eigenvalue weighted by atomic mass is 9.85. The number of allylic oxidation sites excluding steroid dienone is 2. The van der Waals surface area contributed by atoms with Gasteiger partial charge in [0.05, 0.1) is 24.1 Å². The molecule has 0 spiro atoms. The van der Waals surface area contributed by atoms with Gasteiger partial charge in [0, 0.05) is 12.4 Å². The van der Waals surface area contributed by atoms with Crippen molar-refractivity contribution in [1.29, 1.82) is 0 Å². The lowest BCUT2D eigenvalue weighted by Gasteiger charge is -2.15. The van der Waals surface area contributed by atoms with E-state index in [0.717, 1.165) is 11.3 Å². The summed E-state index contributed by atoms with van der Waals surface area (Å²) in [4.78, 5) is 26.4. The summed E-state index contributed by atoms with van der Waals surface area (Å²) in [6.45, 7) is 0.351. The molecule has 1 aromatic heterocycles. The molecule has 0 bridgehead atoms. The third-order valence-corrected chi connectivity index (χ3v) is 4.64. The number of fused-ring (bicyclic) bond motifs is 1. The molecule has 0 N–H and O–H groups in total. The number of amides is 2. The van der Waals surface area contributed by atoms with Gasteiger partial charge in [0.2, 0.25) is 11.8 Å². The standard InChI is InChI=1S/C18H17N3O2/c22-17-15-4-1-2-5-16(15)18(23)20(17)12-13-6-8-14(9-7-13)21-11-3-10-19-21/h1-3,6-11,15-16H,4-5,12H2/t15-,16-/m1/s1. The molecular weight excluding hydrogens is 290 g/mol. The predicted molar refractivity (Wildman–Crippen MR) is 84.5 cm³/mol. The summed E-state index contributed by atoms with van der Waals surface area (Å²) in [5.41, 5.74) is 1.91. The number of hydrogen-bond donors (Lipinski definition) is 0. The smallest absolute Gasteiger partial charge is 0.233 e. The van der Waals surface area contributed by atoms with Crippen LogP contribution in [0.4, 0.5) is 0 Å². The Morgan fingerprint density at radius 3 is 2.22 bits per heavy atom. The fourth-order valence-electron chi connectivity index (χ4n) is 3.38. The Hall–Kier alpha value is -2.69. The molecule has 5 nitrogen and oxygen atoms in total. The highest BCUT2D eigenvalue weighted by molar-refractivity contribution is 6.05. The number of carbonyl (C=O) groups excluding carboxylic acids is 2. The Labute approximate surface area is 134 Å². The number of aromatic nitrogens is 2. The van der Waals surface area contributed by atoms with Crippen molar-refractivity contribution in [3.63, 3.8) is 0 Å². The molecule has 0 saturated carbocycles. The Kier molecular flexibility index (Phi) is 3.33. The quantitative estimate of drug-likeness (QED) is 0.646. The van der Waals surface area contributed by atoms with E-state index in [-0.39, 0.29) is 23.7 Å². The molecule has 0 radical (unpaired) electrons. The summed E-state index contributed by atoms with van der Waals surface area (Å²) < 4.78 is 1.77. The molecule has 1 aliphatic carbocycles. The van der Waals surface area contributed by atoms with Gasteiger partial charge in [0.15, 0.2) is 0 Å². The minimum atomic E-state index is -0.157. The van der Waals surface area contributed by atoms with E-state index in [4.69, 9.17) is 0 Å². The van der Waals surface area contributed by atoms with E-state index in [1.807, 2.05) is 48.7 Å². The number of benzene rings is 1. The van der Waals surface area contributed by atoms with Gasteiger partial charge >= 0.3 is 0 Å². The summed E-state index contributed by atoms with van der Waals surface area (Å²) >= 11 is 0. The zero-order valence-electron chi connectivity index (χ0n) is 12.6. The molecule has 23 heavy (non-hydrogen) atoms. The molecular formula is C18H17N3O2. The zero-order valence-corrected chi connectivity index (χ0v) is 12.6. The van der Waals surface area contributed by atoms with Crippen molar-refractivity contribution in [3.8, 4) is 5.69 Å². The number of carbonyl (C=O) groups is 2. The van der Waals surface area contributed by atoms with Crippen LogP contribution in [0.15, 0.2) is 54.9 Å². The number of rotatable bonds is 3. The fraction of sp³-hybridized carbons (Fsp3) is 0.278. The highest BCUT2D eigenvalue weighted by Crippen LogP contribution is 2.35. The summed E-state index contributed by atoms with van der Waals surface area (Å²) in [5.74, 6) is -0.368. The summed E-state index contributed by atoms with van der Waals surface area (Å²) in [6, 6.07) is 9.64. The van der Waals surface area contributed by atoms with E-state index in [1.165, 1.54) is 4.90 Å². The van der Waals surface area contributed by atoms with Crippen LogP contribution in [0.2, 0.25) is 0 Å². The van der Waals surface area contributed by atoms with Gasteiger partial charge < -0.3 is 0 Å². The van der Waals surface area contributed by atoms with E-state index in [0.29, 0.717) is 19.4 Å². The van der Waals surface area contributed by atoms with Crippen LogP contribution in [0.25, 0.3) is 5.69 Å². The molecule has 1 fully saturated rings. The molecule has 2 aliphatic rings. The maximum Gasteiger partial charge on any atom is 0.233 e. The van der Waals surface area contributed by atoms with Crippen LogP contribution in [-0.4, -0.2) is 26.5 Å². The molecule has 5 heteroatoms. The van der Waals surface area contributed by atoms with E-state index >= 15 is 0 Å². The lowest BCUT2D eigenvalue weighted by Crippen LogP contribution is -2.30. The first kappa shape index (κ1) is 13.9. The minimum Gasteiger partial charge on any atom is -0.278 e. The normalized spacial score (nSPS) is 23.4. The zero-order chi connectivity index (χ0) is 15.8. The van der Waals surface area contributed by atoms with Gasteiger partial charge in [-0.3, -0.25) is 14.5 Å². The molecule has 2 atom stereocenters. The lowest BCUT2D eigenvalue weighted by molar-refractivity contribution is -0.140. The molecule has 1 aromatic carbocycles. The van der Waals surface area contributed by atoms with Crippen LogP contribution in [0.1, 0.15) is 18.4 Å². The molecule has 0 unspecified atom stereocenters. The van der Waals surface area contributed by atoms with Crippen LogP contribution < -0.4 is 0 Å². The van der Waals surface area contributed by atoms with Gasteiger partial charge in [-0.25, -0.2) is 4.68 Å². The number of likely N-dealkylation sites (tertiary alicyclic amines) is 1. The maximum atomic E-state index is 12.5. The first-order valence-corrected chi connectivity index (χ1v) is 7.83. The summed E-state index contributed by atoms with van der Waals surface area (Å²) in [5, 5.41) is 4.18. The Balaban J connectivity index is 1.52. The molecule has 2 amide bonds. The van der Waals surface area contributed by atoms with Crippen molar-refractivity contribution in [1.82, 2.24) is 14.7 Å². The third kappa shape index (κ3) is 2.38. The second-order valence-corrected chi connectivity index (χ2v) is 6.04. The average Bonchev–Trinajstić information content (AvgIpc) is 3.20. The second kappa shape index (κ2) is 5.50. The van der Waals surface area contributed by atoms with E-state index < -0.39 is 0 Å². The van der Waals surface area contributed by atoms with Gasteiger partial charge in [0.25, 0.3) is 0 Å². The third-order valence-electron chi connectivity index (χ3n) is 4.64. The molecule has 2 aromatic rings. The fourth-order valence-corrected chi connectivity index (χ4v) is 3.38. The Morgan fingerprint density at radius 2 is 1.65 bits per heavy atom. The largest absolute Gasteiger partial charge is 0.278 e. The van der Waals surface area contributed by atoms with Crippen molar-refractivity contribution in [2.45, 2.75) is 19.4 Å². The first-order chi connectivity index (χ1) is 11.2. The van der Waals surface area contributed by atoms with E-state index in [2.05, 4.69) is 5.10 Å². The second-order valence-electron chi connectivity index (χ2n) is 6.04. The van der Waals surface area contributed by atoms with Gasteiger partial charge in [-0.2, -0.15) is 5.10 Å². The SMILES string of the molecule is O=C1[C@@H]2CC=CC[C@H]2C(=O)N1Cc1ccc(-n2cccn2)cc1. The van der Waals surface area contributed by atoms with Crippen molar-refractivity contribution in [2.24, 2.45) is 11.8 Å². The summed E-state index contributed by atoms with van der Waals surface area (Å²) in [6.07, 6.45) is 8.99. The van der Waals surface area contributed by atoms with E-state index in [9.17, 15) is 9.59 Å². The Bertz CT molecular complexity index is 736. The maximum absolute atomic E-state index is 12.5. The summed E-state index contributed by atoms with van der Waals surface area (Å²) in [7, 11) is 0. The first-order valence-electron chi connectivity index (χ1n) is 7.83. The molecule has 1 saturated heterocycles. The van der Waals surface area contributed by atoms with Crippen LogP contribution in [0.3, 0.4) is 0 Å². The number of hydrogen-bond acceptors (Lipinski definition) is 3. The minimum absolute atomic E-state index is 0.0273. The van der Waals surface area contributed by atoms with Crippen molar-refractivity contribution < 1.29 is 9.59 Å². The van der Waals surface area contributed by atoms with Crippen molar-refractivity contribution >= 4 is 11.8 Å². The van der Waals surface area contributed by atoms with Gasteiger partial charge in [-0.1, -0.05) is 24.3 Å². The van der Waals surface area contributed by atoms with Crippen molar-refractivity contribution in [2.75, 3.05) is 0 Å². The topological polar surface area (TPSA) is 55.2 Å². The molecule has 2 heterocycles. The highest BCUT2D eigenvalue weighted by atomic mass is 16.2. The highest BCUT2D eigenvalue weighted by Gasteiger charge is 2.46. The monoisotopic (exact) mass is 307 g/mol. The molecule has 4 rings (SSSR count). The van der Waals surface area contributed by atoms with Crippen molar-refractivity contribution in [3.05, 3.63) is 60.4 Å². The van der Waals surface area contributed by atoms with Crippen LogP contribution >= 0.6 is 0 Å². The molecule has 1 aliphatic heterocycles. The van der Waals surface area contributed by atoms with Crippen LogP contribution in [0, 0.1) is 11.8 Å².